The molecule has 35 heavy (non-hydrogen) atoms. The molecule has 184 valence electrons. The standard InChI is InChI=1S/C27H29NO6.Fe/c1-27(17-18-9-5-6-10-18,25(30)19-11-7-8-12-19)16-15-22(29)28-23-21(32-2)14-13-20(24(23)33-3)26(31)34-4;/h5-14H,15-17H2,1-4H3,(H,28,29);/q;+2. The maximum Gasteiger partial charge on any atom is 2.00 e. The number of anilines is 1. The molecule has 2 aliphatic rings. The van der Waals surface area contributed by atoms with E-state index in [2.05, 4.69) is 5.32 Å². The van der Waals surface area contributed by atoms with Gasteiger partial charge in [0.05, 0.1) is 21.3 Å². The van der Waals surface area contributed by atoms with Crippen molar-refractivity contribution in [3.8, 4) is 11.5 Å². The maximum atomic E-state index is 13.4. The van der Waals surface area contributed by atoms with E-state index in [1.54, 1.807) is 18.9 Å². The number of methoxy groups -OCH3 is 3. The van der Waals surface area contributed by atoms with Crippen molar-refractivity contribution in [2.24, 2.45) is 5.41 Å². The Labute approximate surface area is 219 Å². The van der Waals surface area contributed by atoms with E-state index in [1.165, 1.54) is 27.4 Å². The zero-order valence-corrected chi connectivity index (χ0v) is 21.3. The first-order valence-electron chi connectivity index (χ1n) is 10.9. The van der Waals surface area contributed by atoms with Crippen LogP contribution in [0.5, 0.6) is 11.5 Å². The molecular formula is C27H29FeNO6+2. The monoisotopic (exact) mass is 519 g/mol. The molecule has 2 saturated carbocycles. The Bertz CT molecular complexity index is 892. The number of ether oxygens (including phenoxy) is 3. The molecule has 0 aromatic heterocycles. The topological polar surface area (TPSA) is 90.9 Å². The minimum Gasteiger partial charge on any atom is -0.494 e. The second-order valence-electron chi connectivity index (χ2n) is 8.30. The van der Waals surface area contributed by atoms with Crippen LogP contribution in [-0.4, -0.2) is 39.0 Å². The van der Waals surface area contributed by atoms with Crippen molar-refractivity contribution in [2.45, 2.75) is 26.2 Å². The van der Waals surface area contributed by atoms with Gasteiger partial charge in [0.15, 0.2) is 5.75 Å². The summed E-state index contributed by atoms with van der Waals surface area (Å²) >= 11 is 0. The fourth-order valence-electron chi connectivity index (χ4n) is 4.07. The van der Waals surface area contributed by atoms with Gasteiger partial charge in [-0.25, -0.2) is 4.79 Å². The molecule has 2 aliphatic carbocycles. The number of carbonyl (C=O) groups excluding carboxylic acids is 3. The summed E-state index contributed by atoms with van der Waals surface area (Å²) in [6, 6.07) is 3.07. The smallest absolute Gasteiger partial charge is 0.494 e. The average molecular weight is 519 g/mol. The zero-order valence-electron chi connectivity index (χ0n) is 20.2. The minimum absolute atomic E-state index is 0. The Kier molecular flexibility index (Phi) is 11.1. The summed E-state index contributed by atoms with van der Waals surface area (Å²) in [5, 5.41) is 2.80. The molecule has 0 spiro atoms. The van der Waals surface area contributed by atoms with E-state index in [4.69, 9.17) is 14.2 Å². The summed E-state index contributed by atoms with van der Waals surface area (Å²) in [4.78, 5) is 38.5. The fourth-order valence-corrected chi connectivity index (χ4v) is 4.07. The predicted molar refractivity (Wildman–Crippen MR) is 127 cm³/mol. The van der Waals surface area contributed by atoms with Gasteiger partial charge in [0, 0.05) is 17.8 Å². The molecule has 1 aromatic carbocycles. The number of carbonyl (C=O) groups is 3. The van der Waals surface area contributed by atoms with Crippen LogP contribution in [0.4, 0.5) is 5.69 Å². The molecule has 0 bridgehead atoms. The summed E-state index contributed by atoms with van der Waals surface area (Å²) in [6.45, 7) is 1.89. The molecule has 0 saturated heterocycles. The number of esters is 1. The van der Waals surface area contributed by atoms with Crippen LogP contribution in [0.1, 0.15) is 36.5 Å². The van der Waals surface area contributed by atoms with Crippen LogP contribution in [0.15, 0.2) is 12.1 Å². The summed E-state index contributed by atoms with van der Waals surface area (Å²) < 4.78 is 15.6. The maximum absolute atomic E-state index is 13.4. The first-order chi connectivity index (χ1) is 16.3. The van der Waals surface area contributed by atoms with Gasteiger partial charge in [0.2, 0.25) is 5.91 Å². The number of Topliss-reactive ketones (excluding diaryl/α,β-unsaturated/α-hetero) is 1. The molecule has 1 unspecified atom stereocenters. The van der Waals surface area contributed by atoms with Crippen LogP contribution in [0.2, 0.25) is 0 Å². The molecule has 1 atom stereocenters. The SMILES string of the molecule is COC(=O)c1ccc(OC)c(NC(=O)CCC(C)(C[C]2[CH][CH][CH][CH]2)C(=O)[C]2[CH][CH][CH][CH]2)c1OC.[Fe+2]. The Morgan fingerprint density at radius 2 is 1.54 bits per heavy atom. The summed E-state index contributed by atoms with van der Waals surface area (Å²) in [5.74, 6) is 1.22. The van der Waals surface area contributed by atoms with Gasteiger partial charge in [-0.1, -0.05) is 6.92 Å². The van der Waals surface area contributed by atoms with Crippen molar-refractivity contribution in [2.75, 3.05) is 26.6 Å². The van der Waals surface area contributed by atoms with Crippen molar-refractivity contribution >= 4 is 23.3 Å². The Morgan fingerprint density at radius 1 is 0.914 bits per heavy atom. The van der Waals surface area contributed by atoms with Gasteiger partial charge in [-0.05, 0) is 82.3 Å². The first-order valence-corrected chi connectivity index (χ1v) is 10.9. The third-order valence-corrected chi connectivity index (χ3v) is 5.92. The van der Waals surface area contributed by atoms with Gasteiger partial charge >= 0.3 is 23.0 Å². The van der Waals surface area contributed by atoms with Crippen LogP contribution in [-0.2, 0) is 31.4 Å². The normalized spacial score (nSPS) is 17.8. The van der Waals surface area contributed by atoms with Crippen LogP contribution >= 0.6 is 0 Å². The average Bonchev–Trinajstić information content (AvgIpc) is 3.56. The van der Waals surface area contributed by atoms with Crippen molar-refractivity contribution < 1.29 is 45.7 Å². The zero-order chi connectivity index (χ0) is 24.7. The van der Waals surface area contributed by atoms with Crippen LogP contribution in [0.25, 0.3) is 0 Å². The second kappa shape index (κ2) is 13.3. The number of benzene rings is 1. The Morgan fingerprint density at radius 3 is 2.11 bits per heavy atom. The van der Waals surface area contributed by atoms with Gasteiger partial charge in [0.25, 0.3) is 0 Å². The molecule has 2 fully saturated rings. The number of hydrogen-bond donors (Lipinski definition) is 1. The van der Waals surface area contributed by atoms with Gasteiger partial charge in [-0.15, -0.1) is 0 Å². The predicted octanol–water partition coefficient (Wildman–Crippen LogP) is 3.98. The molecule has 10 radical (unpaired) electrons. The van der Waals surface area contributed by atoms with Crippen molar-refractivity contribution in [3.05, 3.63) is 80.9 Å². The summed E-state index contributed by atoms with van der Waals surface area (Å²) in [5.41, 5.74) is -0.381. The number of hydrogen-bond acceptors (Lipinski definition) is 6. The number of ketones is 1. The van der Waals surface area contributed by atoms with Crippen LogP contribution < -0.4 is 14.8 Å². The van der Waals surface area contributed by atoms with Crippen LogP contribution in [0, 0.1) is 68.6 Å². The van der Waals surface area contributed by atoms with E-state index in [0.717, 1.165) is 5.92 Å². The third kappa shape index (κ3) is 7.01. The minimum atomic E-state index is -0.776. The van der Waals surface area contributed by atoms with Gasteiger partial charge in [-0.2, -0.15) is 0 Å². The van der Waals surface area contributed by atoms with Crippen molar-refractivity contribution in [1.29, 1.82) is 0 Å². The molecule has 1 amide bonds. The van der Waals surface area contributed by atoms with E-state index >= 15 is 0 Å². The van der Waals surface area contributed by atoms with E-state index in [-0.39, 0.29) is 52.2 Å². The Balaban J connectivity index is 0.00000432. The molecule has 0 heterocycles. The molecule has 1 aromatic rings. The number of rotatable bonds is 11. The summed E-state index contributed by atoms with van der Waals surface area (Å²) in [7, 11) is 4.12. The first kappa shape index (κ1) is 29.2. The third-order valence-electron chi connectivity index (χ3n) is 5.92. The van der Waals surface area contributed by atoms with E-state index in [1.807, 2.05) is 45.4 Å². The summed E-state index contributed by atoms with van der Waals surface area (Å²) in [6.07, 6.45) is 16.0. The van der Waals surface area contributed by atoms with E-state index in [9.17, 15) is 14.4 Å². The molecule has 1 N–H and O–H groups in total. The molecule has 8 heteroatoms. The molecule has 3 rings (SSSR count). The number of nitrogens with one attached hydrogen (secondary N) is 1. The quantitative estimate of drug-likeness (QED) is 0.352. The fraction of sp³-hybridized carbons (Fsp3) is 0.296. The van der Waals surface area contributed by atoms with Crippen molar-refractivity contribution in [3.63, 3.8) is 0 Å². The largest absolute Gasteiger partial charge is 2.00 e. The van der Waals surface area contributed by atoms with E-state index in [0.29, 0.717) is 24.5 Å². The van der Waals surface area contributed by atoms with Crippen molar-refractivity contribution in [1.82, 2.24) is 0 Å². The second-order valence-corrected chi connectivity index (χ2v) is 8.30. The molecular weight excluding hydrogens is 490 g/mol. The van der Waals surface area contributed by atoms with Gasteiger partial charge in [0.1, 0.15) is 22.8 Å². The van der Waals surface area contributed by atoms with Gasteiger partial charge in [-0.3, -0.25) is 9.59 Å². The van der Waals surface area contributed by atoms with Gasteiger partial charge < -0.3 is 19.5 Å². The Hall–Kier alpha value is -2.05. The molecule has 0 aliphatic heterocycles. The van der Waals surface area contributed by atoms with Crippen LogP contribution in [0.3, 0.4) is 0 Å². The molecule has 7 nitrogen and oxygen atoms in total. The number of amides is 1. The van der Waals surface area contributed by atoms with E-state index < -0.39 is 11.4 Å².